The summed E-state index contributed by atoms with van der Waals surface area (Å²) in [6.45, 7) is 5.15. The van der Waals surface area contributed by atoms with E-state index in [-0.39, 0.29) is 5.78 Å². The van der Waals surface area contributed by atoms with Crippen molar-refractivity contribution in [1.82, 2.24) is 0 Å². The number of hydrogen-bond acceptors (Lipinski definition) is 2. The van der Waals surface area contributed by atoms with Crippen molar-refractivity contribution in [3.05, 3.63) is 36.3 Å². The van der Waals surface area contributed by atoms with E-state index in [4.69, 9.17) is 4.42 Å². The minimum atomic E-state index is -0.100. The van der Waals surface area contributed by atoms with Crippen molar-refractivity contribution in [2.45, 2.75) is 6.92 Å². The highest BCUT2D eigenvalue weighted by Gasteiger charge is 2.02. The monoisotopic (exact) mass is 136 g/mol. The largest absolute Gasteiger partial charge is 0.469 e. The molecule has 0 aromatic carbocycles. The lowest BCUT2D eigenvalue weighted by molar-refractivity contribution is 0.104. The molecule has 0 saturated carbocycles. The van der Waals surface area contributed by atoms with Gasteiger partial charge in [0, 0.05) is 0 Å². The molecular formula is C8H8O2. The van der Waals surface area contributed by atoms with Crippen LogP contribution in [0.4, 0.5) is 0 Å². The van der Waals surface area contributed by atoms with Crippen molar-refractivity contribution in [2.75, 3.05) is 0 Å². The van der Waals surface area contributed by atoms with Crippen molar-refractivity contribution in [1.29, 1.82) is 0 Å². The molecule has 0 aliphatic rings. The third-order valence-corrected chi connectivity index (χ3v) is 1.20. The van der Waals surface area contributed by atoms with Gasteiger partial charge < -0.3 is 4.42 Å². The Labute approximate surface area is 59.2 Å². The maximum Gasteiger partial charge on any atom is 0.188 e. The molecule has 2 heteroatoms. The Hall–Kier alpha value is -1.31. The Bertz CT molecular complexity index is 258. The summed E-state index contributed by atoms with van der Waals surface area (Å²) in [6, 6.07) is 1.68. The molecule has 0 amide bonds. The number of furan rings is 1. The van der Waals surface area contributed by atoms with E-state index in [0.29, 0.717) is 5.56 Å². The van der Waals surface area contributed by atoms with Crippen LogP contribution in [-0.4, -0.2) is 5.78 Å². The van der Waals surface area contributed by atoms with Crippen LogP contribution in [0.1, 0.15) is 16.1 Å². The average molecular weight is 136 g/mol. The van der Waals surface area contributed by atoms with Crippen LogP contribution in [0.2, 0.25) is 0 Å². The highest BCUT2D eigenvalue weighted by molar-refractivity contribution is 6.03. The molecule has 0 spiro atoms. The van der Waals surface area contributed by atoms with Crippen LogP contribution in [-0.2, 0) is 0 Å². The molecule has 0 fully saturated rings. The topological polar surface area (TPSA) is 30.2 Å². The Balaban J connectivity index is 2.95. The van der Waals surface area contributed by atoms with Gasteiger partial charge in [-0.1, -0.05) is 6.58 Å². The second kappa shape index (κ2) is 2.52. The van der Waals surface area contributed by atoms with E-state index in [0.717, 1.165) is 5.76 Å². The van der Waals surface area contributed by atoms with E-state index in [1.54, 1.807) is 13.0 Å². The van der Waals surface area contributed by atoms with Crippen LogP contribution in [0.25, 0.3) is 0 Å². The predicted molar refractivity (Wildman–Crippen MR) is 38.0 cm³/mol. The first-order valence-corrected chi connectivity index (χ1v) is 2.96. The maximum absolute atomic E-state index is 10.8. The molecule has 0 aliphatic carbocycles. The molecule has 0 atom stereocenters. The number of aryl methyl sites for hydroxylation is 1. The Morgan fingerprint density at radius 1 is 1.80 bits per heavy atom. The minimum Gasteiger partial charge on any atom is -0.469 e. The molecule has 0 aliphatic heterocycles. The summed E-state index contributed by atoms with van der Waals surface area (Å²) in [6.07, 6.45) is 2.70. The molecule has 1 aromatic heterocycles. The van der Waals surface area contributed by atoms with Crippen molar-refractivity contribution in [3.63, 3.8) is 0 Å². The summed E-state index contributed by atoms with van der Waals surface area (Å²) in [5, 5.41) is 0. The van der Waals surface area contributed by atoms with Gasteiger partial charge in [-0.15, -0.1) is 0 Å². The van der Waals surface area contributed by atoms with Gasteiger partial charge in [0.2, 0.25) is 0 Å². The van der Waals surface area contributed by atoms with Gasteiger partial charge in [0.1, 0.15) is 12.0 Å². The van der Waals surface area contributed by atoms with E-state index in [9.17, 15) is 4.79 Å². The first-order chi connectivity index (χ1) is 4.74. The third-order valence-electron chi connectivity index (χ3n) is 1.20. The van der Waals surface area contributed by atoms with Crippen LogP contribution in [0.15, 0.2) is 29.4 Å². The first kappa shape index (κ1) is 6.81. The number of allylic oxidation sites excluding steroid dienone is 1. The quantitative estimate of drug-likeness (QED) is 0.459. The molecule has 0 N–H and O–H groups in total. The molecule has 0 saturated heterocycles. The van der Waals surface area contributed by atoms with E-state index >= 15 is 0 Å². The van der Waals surface area contributed by atoms with E-state index in [1.165, 1.54) is 12.3 Å². The SMILES string of the molecule is C=CC(=O)c1coc(C)c1. The molecule has 52 valence electrons. The van der Waals surface area contributed by atoms with Crippen LogP contribution in [0.3, 0.4) is 0 Å². The molecule has 0 radical (unpaired) electrons. The Kier molecular flexibility index (Phi) is 1.71. The normalized spacial score (nSPS) is 9.30. The fraction of sp³-hybridized carbons (Fsp3) is 0.125. The number of rotatable bonds is 2. The van der Waals surface area contributed by atoms with Gasteiger partial charge in [-0.2, -0.15) is 0 Å². The molecule has 1 heterocycles. The van der Waals surface area contributed by atoms with Crippen LogP contribution >= 0.6 is 0 Å². The second-order valence-corrected chi connectivity index (χ2v) is 2.01. The fourth-order valence-electron chi connectivity index (χ4n) is 0.691. The zero-order valence-electron chi connectivity index (χ0n) is 5.76. The third kappa shape index (κ3) is 1.16. The first-order valence-electron chi connectivity index (χ1n) is 2.96. The van der Waals surface area contributed by atoms with Gasteiger partial charge in [-0.25, -0.2) is 0 Å². The van der Waals surface area contributed by atoms with Gasteiger partial charge >= 0.3 is 0 Å². The number of carbonyl (C=O) groups excluding carboxylic acids is 1. The molecule has 0 bridgehead atoms. The lowest BCUT2D eigenvalue weighted by Gasteiger charge is -1.81. The van der Waals surface area contributed by atoms with Gasteiger partial charge in [0.25, 0.3) is 0 Å². The summed E-state index contributed by atoms with van der Waals surface area (Å²) in [5.74, 6) is 0.641. The highest BCUT2D eigenvalue weighted by Crippen LogP contribution is 2.06. The highest BCUT2D eigenvalue weighted by atomic mass is 16.3. The lowest BCUT2D eigenvalue weighted by Crippen LogP contribution is -1.88. The van der Waals surface area contributed by atoms with E-state index in [1.807, 2.05) is 0 Å². The van der Waals surface area contributed by atoms with Gasteiger partial charge in [0.15, 0.2) is 5.78 Å². The molecule has 10 heavy (non-hydrogen) atoms. The van der Waals surface area contributed by atoms with Crippen LogP contribution in [0, 0.1) is 6.92 Å². The van der Waals surface area contributed by atoms with E-state index in [2.05, 4.69) is 6.58 Å². The average Bonchev–Trinajstić information content (AvgIpc) is 2.34. The number of hydrogen-bond donors (Lipinski definition) is 0. The molecule has 1 aromatic rings. The van der Waals surface area contributed by atoms with Crippen molar-refractivity contribution in [3.8, 4) is 0 Å². The van der Waals surface area contributed by atoms with Crippen molar-refractivity contribution >= 4 is 5.78 Å². The zero-order chi connectivity index (χ0) is 7.56. The predicted octanol–water partition coefficient (Wildman–Crippen LogP) is 1.96. The Morgan fingerprint density at radius 3 is 2.90 bits per heavy atom. The second-order valence-electron chi connectivity index (χ2n) is 2.01. The molecule has 2 nitrogen and oxygen atoms in total. The Morgan fingerprint density at radius 2 is 2.50 bits per heavy atom. The summed E-state index contributed by atoms with van der Waals surface area (Å²) < 4.78 is 4.92. The zero-order valence-corrected chi connectivity index (χ0v) is 5.76. The fourth-order valence-corrected chi connectivity index (χ4v) is 0.691. The minimum absolute atomic E-state index is 0.100. The molecule has 1 rings (SSSR count). The summed E-state index contributed by atoms with van der Waals surface area (Å²) in [7, 11) is 0. The lowest BCUT2D eigenvalue weighted by atomic mass is 10.2. The van der Waals surface area contributed by atoms with Crippen LogP contribution < -0.4 is 0 Å². The van der Waals surface area contributed by atoms with Gasteiger partial charge in [-0.05, 0) is 19.1 Å². The number of carbonyl (C=O) groups is 1. The maximum atomic E-state index is 10.8. The van der Waals surface area contributed by atoms with Gasteiger partial charge in [0.05, 0.1) is 5.56 Å². The standard InChI is InChI=1S/C8H8O2/c1-3-8(9)7-4-6(2)10-5-7/h3-5H,1H2,2H3. The summed E-state index contributed by atoms with van der Waals surface area (Å²) in [5.41, 5.74) is 0.563. The summed E-state index contributed by atoms with van der Waals surface area (Å²) in [4.78, 5) is 10.8. The van der Waals surface area contributed by atoms with Crippen molar-refractivity contribution in [2.24, 2.45) is 0 Å². The van der Waals surface area contributed by atoms with Gasteiger partial charge in [-0.3, -0.25) is 4.79 Å². The molecular weight excluding hydrogens is 128 g/mol. The van der Waals surface area contributed by atoms with Crippen molar-refractivity contribution < 1.29 is 9.21 Å². The number of ketones is 1. The van der Waals surface area contributed by atoms with Crippen LogP contribution in [0.5, 0.6) is 0 Å². The summed E-state index contributed by atoms with van der Waals surface area (Å²) >= 11 is 0. The van der Waals surface area contributed by atoms with E-state index < -0.39 is 0 Å². The smallest absolute Gasteiger partial charge is 0.188 e. The molecule has 0 unspecified atom stereocenters.